The largest absolute Gasteiger partial charge is 0.346 e. The Morgan fingerprint density at radius 2 is 1.46 bits per heavy atom. The van der Waals surface area contributed by atoms with Crippen LogP contribution >= 0.6 is 12.2 Å². The van der Waals surface area contributed by atoms with Crippen LogP contribution in [0.25, 0.3) is 0 Å². The van der Waals surface area contributed by atoms with Crippen molar-refractivity contribution in [3.05, 3.63) is 71.8 Å². The Bertz CT molecular complexity index is 713. The second kappa shape index (κ2) is 9.46. The van der Waals surface area contributed by atoms with Gasteiger partial charge in [0.1, 0.15) is 0 Å². The average molecular weight is 368 g/mol. The Balaban J connectivity index is 1.38. The van der Waals surface area contributed by atoms with Gasteiger partial charge in [-0.1, -0.05) is 60.7 Å². The lowest BCUT2D eigenvalue weighted by Crippen LogP contribution is -2.52. The molecule has 0 atom stereocenters. The third-order valence-electron chi connectivity index (χ3n) is 4.64. The van der Waals surface area contributed by atoms with Crippen LogP contribution in [0.1, 0.15) is 17.5 Å². The van der Waals surface area contributed by atoms with E-state index >= 15 is 0 Å². The van der Waals surface area contributed by atoms with Gasteiger partial charge in [-0.3, -0.25) is 9.69 Å². The molecule has 136 valence electrons. The minimum Gasteiger partial charge on any atom is -0.346 e. The number of aryl methyl sites for hydroxylation is 1. The molecule has 0 saturated carbocycles. The molecule has 1 N–H and O–H groups in total. The predicted molar refractivity (Wildman–Crippen MR) is 109 cm³/mol. The van der Waals surface area contributed by atoms with Crippen LogP contribution in [-0.4, -0.2) is 47.0 Å². The van der Waals surface area contributed by atoms with Crippen molar-refractivity contribution in [3.63, 3.8) is 0 Å². The molecule has 0 spiro atoms. The van der Waals surface area contributed by atoms with E-state index < -0.39 is 0 Å². The summed E-state index contributed by atoms with van der Waals surface area (Å²) in [5, 5.41) is 3.44. The lowest BCUT2D eigenvalue weighted by atomic mass is 10.1. The minimum absolute atomic E-state index is 0.00873. The highest BCUT2D eigenvalue weighted by atomic mass is 32.1. The van der Waals surface area contributed by atoms with Gasteiger partial charge in [-0.15, -0.1) is 0 Å². The summed E-state index contributed by atoms with van der Waals surface area (Å²) < 4.78 is 0. The van der Waals surface area contributed by atoms with Gasteiger partial charge in [-0.05, 0) is 29.8 Å². The van der Waals surface area contributed by atoms with Gasteiger partial charge in [-0.2, -0.15) is 0 Å². The molecule has 26 heavy (non-hydrogen) atoms. The molecule has 0 aromatic heterocycles. The number of carbonyl (C=O) groups is 1. The van der Waals surface area contributed by atoms with Crippen molar-refractivity contribution >= 4 is 23.2 Å². The van der Waals surface area contributed by atoms with E-state index in [1.807, 2.05) is 36.4 Å². The number of thiocarbonyl (C=S) groups is 1. The number of nitrogens with one attached hydrogen (secondary N) is 1. The molecule has 1 fully saturated rings. The lowest BCUT2D eigenvalue weighted by molar-refractivity contribution is -0.119. The average Bonchev–Trinajstić information content (AvgIpc) is 2.68. The number of benzene rings is 2. The van der Waals surface area contributed by atoms with Crippen molar-refractivity contribution in [1.29, 1.82) is 0 Å². The molecule has 1 heterocycles. The summed E-state index contributed by atoms with van der Waals surface area (Å²) >= 11 is 5.42. The van der Waals surface area contributed by atoms with E-state index in [0.29, 0.717) is 11.5 Å². The van der Waals surface area contributed by atoms with E-state index in [4.69, 9.17) is 12.2 Å². The number of piperazine rings is 1. The van der Waals surface area contributed by atoms with E-state index in [9.17, 15) is 4.79 Å². The summed E-state index contributed by atoms with van der Waals surface area (Å²) in [5.41, 5.74) is 2.50. The molecule has 5 heteroatoms. The molecular formula is C21H25N3OS. The quantitative estimate of drug-likeness (QED) is 0.825. The van der Waals surface area contributed by atoms with Crippen LogP contribution in [0.5, 0.6) is 0 Å². The Kier molecular flexibility index (Phi) is 6.75. The van der Waals surface area contributed by atoms with Crippen LogP contribution in [0.15, 0.2) is 60.7 Å². The van der Waals surface area contributed by atoms with Gasteiger partial charge in [0.25, 0.3) is 0 Å². The normalized spacial score (nSPS) is 14.8. The van der Waals surface area contributed by atoms with Gasteiger partial charge in [0, 0.05) is 39.1 Å². The van der Waals surface area contributed by atoms with Gasteiger partial charge >= 0.3 is 0 Å². The fourth-order valence-corrected chi connectivity index (χ4v) is 3.41. The van der Waals surface area contributed by atoms with Crippen LogP contribution in [0, 0.1) is 0 Å². The molecular weight excluding hydrogens is 342 g/mol. The van der Waals surface area contributed by atoms with Crippen LogP contribution < -0.4 is 5.32 Å². The molecule has 1 amide bonds. The Morgan fingerprint density at radius 3 is 2.08 bits per heavy atom. The van der Waals surface area contributed by atoms with Gasteiger partial charge in [0.05, 0.1) is 0 Å². The standard InChI is InChI=1S/C21H25N3OS/c25-20(12-11-18-7-3-1-4-8-18)22-21(26)24-15-13-23(14-16-24)17-19-9-5-2-6-10-19/h1-10H,11-17H2,(H,22,25,26). The van der Waals surface area contributed by atoms with E-state index in [1.165, 1.54) is 11.1 Å². The summed E-state index contributed by atoms with van der Waals surface area (Å²) in [6, 6.07) is 20.6. The zero-order chi connectivity index (χ0) is 18.2. The maximum Gasteiger partial charge on any atom is 0.226 e. The van der Waals surface area contributed by atoms with E-state index in [1.54, 1.807) is 0 Å². The summed E-state index contributed by atoms with van der Waals surface area (Å²) in [6.07, 6.45) is 1.19. The van der Waals surface area contributed by atoms with E-state index in [2.05, 4.69) is 39.4 Å². The van der Waals surface area contributed by atoms with E-state index in [-0.39, 0.29) is 5.91 Å². The van der Waals surface area contributed by atoms with Crippen LogP contribution in [0.3, 0.4) is 0 Å². The molecule has 0 aliphatic carbocycles. The number of hydrogen-bond acceptors (Lipinski definition) is 3. The fraction of sp³-hybridized carbons (Fsp3) is 0.333. The SMILES string of the molecule is O=C(CCc1ccccc1)NC(=S)N1CCN(Cc2ccccc2)CC1. The first-order valence-electron chi connectivity index (χ1n) is 9.10. The minimum atomic E-state index is -0.00873. The number of amides is 1. The molecule has 2 aromatic rings. The van der Waals surface area contributed by atoms with Gasteiger partial charge in [0.15, 0.2) is 5.11 Å². The van der Waals surface area contributed by atoms with Crippen molar-refractivity contribution < 1.29 is 4.79 Å². The number of carbonyl (C=O) groups excluding carboxylic acids is 1. The predicted octanol–water partition coefficient (Wildman–Crippen LogP) is 2.84. The van der Waals surface area contributed by atoms with Crippen molar-refractivity contribution in [2.75, 3.05) is 26.2 Å². The van der Waals surface area contributed by atoms with Crippen molar-refractivity contribution in [2.45, 2.75) is 19.4 Å². The van der Waals surface area contributed by atoms with Crippen molar-refractivity contribution in [3.8, 4) is 0 Å². The second-order valence-corrected chi connectivity index (χ2v) is 6.97. The fourth-order valence-electron chi connectivity index (χ4n) is 3.11. The number of hydrogen-bond donors (Lipinski definition) is 1. The first kappa shape index (κ1) is 18.5. The van der Waals surface area contributed by atoms with E-state index in [0.717, 1.165) is 39.1 Å². The first-order valence-corrected chi connectivity index (χ1v) is 9.50. The lowest BCUT2D eigenvalue weighted by Gasteiger charge is -2.36. The molecule has 0 unspecified atom stereocenters. The highest BCUT2D eigenvalue weighted by Crippen LogP contribution is 2.09. The van der Waals surface area contributed by atoms with Gasteiger partial charge in [-0.25, -0.2) is 0 Å². The zero-order valence-electron chi connectivity index (χ0n) is 14.9. The third-order valence-corrected chi connectivity index (χ3v) is 5.00. The van der Waals surface area contributed by atoms with Gasteiger partial charge < -0.3 is 10.2 Å². The Labute approximate surface area is 160 Å². The smallest absolute Gasteiger partial charge is 0.226 e. The molecule has 0 bridgehead atoms. The second-order valence-electron chi connectivity index (χ2n) is 6.59. The first-order chi connectivity index (χ1) is 12.7. The molecule has 2 aromatic carbocycles. The number of rotatable bonds is 5. The van der Waals surface area contributed by atoms with Crippen LogP contribution in [0.2, 0.25) is 0 Å². The van der Waals surface area contributed by atoms with Crippen molar-refractivity contribution in [2.24, 2.45) is 0 Å². The molecule has 1 aliphatic rings. The summed E-state index contributed by atoms with van der Waals surface area (Å²) in [4.78, 5) is 16.7. The molecule has 4 nitrogen and oxygen atoms in total. The van der Waals surface area contributed by atoms with Crippen LogP contribution in [-0.2, 0) is 17.8 Å². The Hall–Kier alpha value is -2.24. The molecule has 3 rings (SSSR count). The zero-order valence-corrected chi connectivity index (χ0v) is 15.8. The molecule has 1 saturated heterocycles. The molecule has 1 aliphatic heterocycles. The third kappa shape index (κ3) is 5.64. The summed E-state index contributed by atoms with van der Waals surface area (Å²) in [5.74, 6) is -0.00873. The maximum atomic E-state index is 12.1. The topological polar surface area (TPSA) is 35.6 Å². The highest BCUT2D eigenvalue weighted by Gasteiger charge is 2.20. The summed E-state index contributed by atoms with van der Waals surface area (Å²) in [7, 11) is 0. The maximum absolute atomic E-state index is 12.1. The van der Waals surface area contributed by atoms with Crippen LogP contribution in [0.4, 0.5) is 0 Å². The number of nitrogens with zero attached hydrogens (tertiary/aromatic N) is 2. The van der Waals surface area contributed by atoms with Crippen molar-refractivity contribution in [1.82, 2.24) is 15.1 Å². The summed E-state index contributed by atoms with van der Waals surface area (Å²) in [6.45, 7) is 4.57. The van der Waals surface area contributed by atoms with Gasteiger partial charge in [0.2, 0.25) is 5.91 Å². The monoisotopic (exact) mass is 367 g/mol. The molecule has 0 radical (unpaired) electrons. The Morgan fingerprint density at radius 1 is 0.885 bits per heavy atom. The highest BCUT2D eigenvalue weighted by molar-refractivity contribution is 7.80.